The molecule has 0 atom stereocenters. The van der Waals surface area contributed by atoms with Gasteiger partial charge in [-0.05, 0) is 32.3 Å². The SMILES string of the molecule is [2H]C([2H])([2H])N(CC([2H])([2H])N(C)C)c1cc(OC)c(Nc2nccc(-c3cn(C)c4ccccc34)n2)cc1NC(=O)/C=C/C=C. The van der Waals surface area contributed by atoms with Gasteiger partial charge in [0.2, 0.25) is 11.9 Å². The van der Waals surface area contributed by atoms with Gasteiger partial charge >= 0.3 is 0 Å². The number of ether oxygens (including phenoxy) is 1. The third-order valence-corrected chi connectivity index (χ3v) is 5.87. The van der Waals surface area contributed by atoms with Gasteiger partial charge in [0, 0.05) is 74.9 Å². The number of benzene rings is 2. The number of para-hydroxylation sites is 1. The number of amides is 1. The molecule has 0 aliphatic rings. The average molecular weight is 531 g/mol. The molecule has 2 aromatic heterocycles. The van der Waals surface area contributed by atoms with Crippen LogP contribution >= 0.6 is 0 Å². The fraction of sp³-hybridized carbons (Fsp3) is 0.233. The van der Waals surface area contributed by atoms with Gasteiger partial charge < -0.3 is 29.7 Å². The van der Waals surface area contributed by atoms with Crippen LogP contribution in [0, 0.1) is 0 Å². The molecule has 1 amide bonds. The molecular weight excluding hydrogens is 490 g/mol. The molecule has 0 saturated heterocycles. The van der Waals surface area contributed by atoms with Crippen molar-refractivity contribution in [1.82, 2.24) is 19.4 Å². The first-order valence-corrected chi connectivity index (χ1v) is 12.2. The summed E-state index contributed by atoms with van der Waals surface area (Å²) in [6.45, 7) is -1.76. The third kappa shape index (κ3) is 6.45. The van der Waals surface area contributed by atoms with Gasteiger partial charge in [-0.3, -0.25) is 4.79 Å². The van der Waals surface area contributed by atoms with Crippen molar-refractivity contribution in [3.63, 3.8) is 0 Å². The number of rotatable bonds is 11. The first kappa shape index (κ1) is 21.3. The van der Waals surface area contributed by atoms with Crippen molar-refractivity contribution in [1.29, 1.82) is 0 Å². The Morgan fingerprint density at radius 1 is 1.26 bits per heavy atom. The maximum atomic E-state index is 12.8. The molecule has 2 N–H and O–H groups in total. The number of allylic oxidation sites excluding steroid dienone is 2. The quantitative estimate of drug-likeness (QED) is 0.207. The molecule has 0 radical (unpaired) electrons. The highest BCUT2D eigenvalue weighted by Crippen LogP contribution is 2.38. The number of carbonyl (C=O) groups excluding carboxylic acids is 1. The molecule has 0 bridgehead atoms. The minimum Gasteiger partial charge on any atom is -0.494 e. The standard InChI is InChI=1S/C30H35N7O2/c1-7-8-13-29(38)32-24-18-25(28(39-6)19-27(24)36(4)17-16-35(2)3)34-30-31-15-14-23(33-30)22-20-37(5)26-12-10-9-11-21(22)26/h7-15,18-20H,1,16-17H2,2-6H3,(H,32,38)(H,31,33,34)/b13-8+/i4D3,16D2. The van der Waals surface area contributed by atoms with E-state index in [2.05, 4.69) is 22.2 Å². The average Bonchev–Trinajstić information content (AvgIpc) is 3.31. The van der Waals surface area contributed by atoms with Gasteiger partial charge in [0.05, 0.1) is 29.9 Å². The number of aryl methyl sites for hydroxylation is 1. The summed E-state index contributed by atoms with van der Waals surface area (Å²) < 4.78 is 49.1. The number of nitrogens with one attached hydrogen (secondary N) is 2. The van der Waals surface area contributed by atoms with Gasteiger partial charge in [0.1, 0.15) is 5.75 Å². The zero-order valence-corrected chi connectivity index (χ0v) is 22.4. The Balaban J connectivity index is 1.81. The third-order valence-electron chi connectivity index (χ3n) is 5.87. The number of aromatic nitrogens is 3. The van der Waals surface area contributed by atoms with Crippen LogP contribution in [0.4, 0.5) is 23.0 Å². The summed E-state index contributed by atoms with van der Waals surface area (Å²) in [6.07, 6.45) is 7.73. The second-order valence-electron chi connectivity index (χ2n) is 8.85. The minimum atomic E-state index is -2.77. The smallest absolute Gasteiger partial charge is 0.248 e. The summed E-state index contributed by atoms with van der Waals surface area (Å²) in [5, 5.41) is 6.88. The van der Waals surface area contributed by atoms with E-state index in [0.717, 1.165) is 21.4 Å². The van der Waals surface area contributed by atoms with E-state index in [4.69, 9.17) is 16.6 Å². The predicted molar refractivity (Wildman–Crippen MR) is 160 cm³/mol. The number of carbonyl (C=O) groups is 1. The van der Waals surface area contributed by atoms with Crippen LogP contribution in [-0.4, -0.2) is 66.6 Å². The summed E-state index contributed by atoms with van der Waals surface area (Å²) in [5.74, 6) is -0.0852. The molecule has 0 saturated carbocycles. The molecule has 0 aliphatic heterocycles. The van der Waals surface area contributed by atoms with Crippen LogP contribution in [-0.2, 0) is 11.8 Å². The van der Waals surface area contributed by atoms with Crippen LogP contribution in [0.15, 0.2) is 79.7 Å². The Kier molecular flexibility index (Phi) is 6.71. The molecule has 0 aliphatic carbocycles. The highest BCUT2D eigenvalue weighted by atomic mass is 16.5. The van der Waals surface area contributed by atoms with Gasteiger partial charge in [0.15, 0.2) is 0 Å². The van der Waals surface area contributed by atoms with Gasteiger partial charge in [0.25, 0.3) is 0 Å². The first-order chi connectivity index (χ1) is 20.7. The maximum absolute atomic E-state index is 12.8. The summed E-state index contributed by atoms with van der Waals surface area (Å²) in [5.41, 5.74) is 3.12. The molecule has 202 valence electrons. The highest BCUT2D eigenvalue weighted by molar-refractivity contribution is 6.02. The normalized spacial score (nSPS) is 13.8. The molecular formula is C30H35N7O2. The summed E-state index contributed by atoms with van der Waals surface area (Å²) in [4.78, 5) is 24.0. The Labute approximate surface area is 236 Å². The van der Waals surface area contributed by atoms with Crippen molar-refractivity contribution in [2.24, 2.45) is 7.05 Å². The van der Waals surface area contributed by atoms with Crippen LogP contribution < -0.4 is 20.3 Å². The summed E-state index contributed by atoms with van der Waals surface area (Å²) in [6, 6.07) is 12.7. The number of likely N-dealkylation sites (N-methyl/N-ethyl adjacent to an activating group) is 2. The van der Waals surface area contributed by atoms with Crippen LogP contribution in [0.2, 0.25) is 0 Å². The predicted octanol–water partition coefficient (Wildman–Crippen LogP) is 5.07. The van der Waals surface area contributed by atoms with E-state index in [1.54, 1.807) is 12.3 Å². The van der Waals surface area contributed by atoms with Crippen molar-refractivity contribution in [3.8, 4) is 17.0 Å². The maximum Gasteiger partial charge on any atom is 0.248 e. The Morgan fingerprint density at radius 2 is 2.08 bits per heavy atom. The van der Waals surface area contributed by atoms with E-state index in [-0.39, 0.29) is 23.1 Å². The van der Waals surface area contributed by atoms with Gasteiger partial charge in [-0.2, -0.15) is 0 Å². The molecule has 39 heavy (non-hydrogen) atoms. The van der Waals surface area contributed by atoms with E-state index >= 15 is 0 Å². The molecule has 9 heteroatoms. The van der Waals surface area contributed by atoms with E-state index < -0.39 is 25.9 Å². The number of fused-ring (bicyclic) bond motifs is 1. The number of hydrogen-bond donors (Lipinski definition) is 2. The van der Waals surface area contributed by atoms with E-state index in [1.165, 1.54) is 56.5 Å². The van der Waals surface area contributed by atoms with Crippen LogP contribution in [0.1, 0.15) is 6.85 Å². The number of methoxy groups -OCH3 is 1. The van der Waals surface area contributed by atoms with Crippen LogP contribution in [0.25, 0.3) is 22.2 Å². The molecule has 4 aromatic rings. The minimum absolute atomic E-state index is 0.0314. The molecule has 2 heterocycles. The lowest BCUT2D eigenvalue weighted by molar-refractivity contribution is -0.111. The highest BCUT2D eigenvalue weighted by Gasteiger charge is 2.17. The van der Waals surface area contributed by atoms with E-state index in [1.807, 2.05) is 42.1 Å². The fourth-order valence-electron chi connectivity index (χ4n) is 4.02. The lowest BCUT2D eigenvalue weighted by Crippen LogP contribution is -2.29. The molecule has 0 spiro atoms. The summed E-state index contributed by atoms with van der Waals surface area (Å²) in [7, 11) is 6.41. The van der Waals surface area contributed by atoms with Crippen LogP contribution in [0.5, 0.6) is 5.75 Å². The monoisotopic (exact) mass is 530 g/mol. The van der Waals surface area contributed by atoms with E-state index in [0.29, 0.717) is 11.4 Å². The zero-order chi connectivity index (χ0) is 32.2. The Bertz CT molecular complexity index is 1700. The Hall–Kier alpha value is -4.63. The van der Waals surface area contributed by atoms with Crippen LogP contribution in [0.3, 0.4) is 0 Å². The molecule has 9 nitrogen and oxygen atoms in total. The van der Waals surface area contributed by atoms with Crippen molar-refractivity contribution in [2.45, 2.75) is 0 Å². The molecule has 0 fully saturated rings. The Morgan fingerprint density at radius 3 is 2.82 bits per heavy atom. The van der Waals surface area contributed by atoms with Crippen molar-refractivity contribution < 1.29 is 16.4 Å². The zero-order valence-electron chi connectivity index (χ0n) is 27.4. The second-order valence-corrected chi connectivity index (χ2v) is 8.85. The topological polar surface area (TPSA) is 87.6 Å². The largest absolute Gasteiger partial charge is 0.494 e. The van der Waals surface area contributed by atoms with E-state index in [9.17, 15) is 4.79 Å². The second kappa shape index (κ2) is 12.3. The number of anilines is 4. The van der Waals surface area contributed by atoms with Crippen molar-refractivity contribution in [2.75, 3.05) is 56.8 Å². The lowest BCUT2D eigenvalue weighted by atomic mass is 10.1. The lowest BCUT2D eigenvalue weighted by Gasteiger charge is -2.26. The number of hydrogen-bond acceptors (Lipinski definition) is 7. The molecule has 4 rings (SSSR count). The number of nitrogens with zero attached hydrogens (tertiary/aromatic N) is 5. The van der Waals surface area contributed by atoms with Crippen molar-refractivity contribution in [3.05, 3.63) is 79.7 Å². The van der Waals surface area contributed by atoms with Gasteiger partial charge in [-0.1, -0.05) is 36.9 Å². The fourth-order valence-corrected chi connectivity index (χ4v) is 4.02. The summed E-state index contributed by atoms with van der Waals surface area (Å²) >= 11 is 0. The molecule has 2 aromatic carbocycles. The van der Waals surface area contributed by atoms with Gasteiger partial charge in [-0.15, -0.1) is 0 Å². The van der Waals surface area contributed by atoms with Crippen molar-refractivity contribution >= 4 is 39.8 Å². The molecule has 0 unspecified atom stereocenters. The van der Waals surface area contributed by atoms with Gasteiger partial charge in [-0.25, -0.2) is 9.97 Å². The first-order valence-electron chi connectivity index (χ1n) is 14.7.